The summed E-state index contributed by atoms with van der Waals surface area (Å²) in [5, 5.41) is 13.3. The predicted octanol–water partition coefficient (Wildman–Crippen LogP) is 4.65. The van der Waals surface area contributed by atoms with Crippen molar-refractivity contribution in [3.63, 3.8) is 0 Å². The Morgan fingerprint density at radius 1 is 1.04 bits per heavy atom. The summed E-state index contributed by atoms with van der Waals surface area (Å²) in [7, 11) is 0. The number of hydrogen-bond acceptors (Lipinski definition) is 4. The molecule has 0 aliphatic heterocycles. The Kier molecular flexibility index (Phi) is 2.56. The molecule has 1 aliphatic carbocycles. The minimum Gasteiger partial charge on any atom is -0.436 e. The molecule has 0 atom stereocenters. The highest BCUT2D eigenvalue weighted by atomic mass is 16.6. The lowest BCUT2D eigenvalue weighted by Gasteiger charge is -2.05. The molecule has 5 nitrogen and oxygen atoms in total. The first kappa shape index (κ1) is 13.2. The number of nitro benzene ring substituents is 1. The third kappa shape index (κ3) is 1.78. The molecule has 0 saturated carbocycles. The number of non-ortho nitro benzene ring substituents is 1. The zero-order chi connectivity index (χ0) is 16.3. The summed E-state index contributed by atoms with van der Waals surface area (Å²) in [5.74, 6) is 0.501. The Morgan fingerprint density at radius 2 is 1.88 bits per heavy atom. The molecule has 0 N–H and O–H groups in total. The van der Waals surface area contributed by atoms with E-state index in [1.54, 1.807) is 6.07 Å². The minimum absolute atomic E-state index is 0.00519. The second-order valence-corrected chi connectivity index (χ2v) is 6.04. The predicted molar refractivity (Wildman–Crippen MR) is 91.0 cm³/mol. The second kappa shape index (κ2) is 4.64. The number of fused-ring (bicyclic) bond motifs is 1. The summed E-state index contributed by atoms with van der Waals surface area (Å²) < 4.78 is 5.84. The highest BCUT2D eigenvalue weighted by molar-refractivity contribution is 6.00. The third-order valence-electron chi connectivity index (χ3n) is 4.69. The largest absolute Gasteiger partial charge is 0.436 e. The van der Waals surface area contributed by atoms with E-state index in [-0.39, 0.29) is 5.69 Å². The van der Waals surface area contributed by atoms with Crippen LogP contribution in [0.5, 0.6) is 0 Å². The topological polar surface area (TPSA) is 69.2 Å². The van der Waals surface area contributed by atoms with E-state index < -0.39 is 4.92 Å². The van der Waals surface area contributed by atoms with Gasteiger partial charge in [-0.25, -0.2) is 4.98 Å². The van der Waals surface area contributed by atoms with E-state index in [4.69, 9.17) is 4.42 Å². The minimum atomic E-state index is -0.430. The normalized spacial score (nSPS) is 13.0. The van der Waals surface area contributed by atoms with E-state index in [0.717, 1.165) is 23.8 Å². The summed E-state index contributed by atoms with van der Waals surface area (Å²) in [6.07, 6.45) is 2.13. The van der Waals surface area contributed by atoms with Gasteiger partial charge in [-0.2, -0.15) is 0 Å². The van der Waals surface area contributed by atoms with Crippen LogP contribution in [-0.4, -0.2) is 9.91 Å². The summed E-state index contributed by atoms with van der Waals surface area (Å²) in [6, 6.07) is 15.0. The summed E-state index contributed by atoms with van der Waals surface area (Å²) in [4.78, 5) is 15.0. The van der Waals surface area contributed by atoms with E-state index in [1.165, 1.54) is 28.6 Å². The number of aryl methyl sites for hydroxylation is 2. The maximum Gasteiger partial charge on any atom is 0.273 e. The molecule has 1 heterocycles. The lowest BCUT2D eigenvalue weighted by Crippen LogP contribution is -1.86. The molecule has 0 spiro atoms. The van der Waals surface area contributed by atoms with Crippen molar-refractivity contribution in [2.75, 3.05) is 0 Å². The standard InChI is InChI=1S/C19H12N2O3/c22-21(23)13-7-9-16-17(10-13)24-19(20-16)15-8-6-12-5-4-11-2-1-3-14(15)18(11)12/h1-3,6-10H,4-5H2. The highest BCUT2D eigenvalue weighted by Gasteiger charge is 2.19. The van der Waals surface area contributed by atoms with Gasteiger partial charge in [0.2, 0.25) is 5.89 Å². The number of hydrogen-bond donors (Lipinski definition) is 0. The number of nitro groups is 1. The Hall–Kier alpha value is -3.21. The van der Waals surface area contributed by atoms with Crippen molar-refractivity contribution in [2.45, 2.75) is 12.8 Å². The van der Waals surface area contributed by atoms with Gasteiger partial charge in [0.05, 0.1) is 11.0 Å². The molecule has 1 aromatic heterocycles. The van der Waals surface area contributed by atoms with Crippen LogP contribution in [0.15, 0.2) is 52.9 Å². The smallest absolute Gasteiger partial charge is 0.273 e. The molecule has 5 rings (SSSR count). The average Bonchev–Trinajstić information content (AvgIpc) is 3.20. The van der Waals surface area contributed by atoms with Crippen LogP contribution >= 0.6 is 0 Å². The fraction of sp³-hybridized carbons (Fsp3) is 0.105. The van der Waals surface area contributed by atoms with Crippen LogP contribution < -0.4 is 0 Å². The molecular formula is C19H12N2O3. The average molecular weight is 316 g/mol. The van der Waals surface area contributed by atoms with E-state index >= 15 is 0 Å². The molecule has 1 aliphatic rings. The molecule has 24 heavy (non-hydrogen) atoms. The second-order valence-electron chi connectivity index (χ2n) is 6.04. The zero-order valence-electron chi connectivity index (χ0n) is 12.7. The van der Waals surface area contributed by atoms with Gasteiger partial charge in [-0.05, 0) is 46.9 Å². The Morgan fingerprint density at radius 3 is 2.71 bits per heavy atom. The molecule has 0 saturated heterocycles. The number of rotatable bonds is 2. The van der Waals surface area contributed by atoms with Crippen LogP contribution in [0.1, 0.15) is 11.1 Å². The Bertz CT molecular complexity index is 1130. The Labute approximate surface area is 136 Å². The van der Waals surface area contributed by atoms with Gasteiger partial charge in [-0.1, -0.05) is 24.3 Å². The maximum absolute atomic E-state index is 10.9. The van der Waals surface area contributed by atoms with Gasteiger partial charge in [-0.15, -0.1) is 0 Å². The van der Waals surface area contributed by atoms with Crippen molar-refractivity contribution >= 4 is 27.6 Å². The monoisotopic (exact) mass is 316 g/mol. The number of oxazole rings is 1. The number of aromatic nitrogens is 1. The van der Waals surface area contributed by atoms with Crippen molar-refractivity contribution in [3.05, 3.63) is 69.8 Å². The molecule has 0 radical (unpaired) electrons. The summed E-state index contributed by atoms with van der Waals surface area (Å²) in [5.41, 5.74) is 4.70. The fourth-order valence-electron chi connectivity index (χ4n) is 3.58. The van der Waals surface area contributed by atoms with Gasteiger partial charge < -0.3 is 4.42 Å². The van der Waals surface area contributed by atoms with Crippen LogP contribution in [0.25, 0.3) is 33.3 Å². The quantitative estimate of drug-likeness (QED) is 0.398. The molecule has 0 amide bonds. The fourth-order valence-corrected chi connectivity index (χ4v) is 3.58. The van der Waals surface area contributed by atoms with E-state index in [1.807, 2.05) is 6.07 Å². The first-order chi connectivity index (χ1) is 11.7. The SMILES string of the molecule is O=[N+]([O-])c1ccc2nc(-c3ccc4c5c(cccc35)CC4)oc2c1. The molecule has 116 valence electrons. The van der Waals surface area contributed by atoms with E-state index in [0.29, 0.717) is 17.0 Å². The molecule has 3 aromatic carbocycles. The molecule has 5 heteroatoms. The van der Waals surface area contributed by atoms with Crippen molar-refractivity contribution in [1.29, 1.82) is 0 Å². The van der Waals surface area contributed by atoms with Crippen molar-refractivity contribution in [2.24, 2.45) is 0 Å². The lowest BCUT2D eigenvalue weighted by atomic mass is 10.00. The van der Waals surface area contributed by atoms with Crippen LogP contribution in [0, 0.1) is 10.1 Å². The van der Waals surface area contributed by atoms with Gasteiger partial charge in [-0.3, -0.25) is 10.1 Å². The van der Waals surface area contributed by atoms with Crippen molar-refractivity contribution < 1.29 is 9.34 Å². The first-order valence-electron chi connectivity index (χ1n) is 7.79. The maximum atomic E-state index is 10.9. The first-order valence-corrected chi connectivity index (χ1v) is 7.79. The van der Waals surface area contributed by atoms with Gasteiger partial charge in [0.15, 0.2) is 5.58 Å². The zero-order valence-corrected chi connectivity index (χ0v) is 12.7. The highest BCUT2D eigenvalue weighted by Crippen LogP contribution is 2.37. The van der Waals surface area contributed by atoms with Gasteiger partial charge in [0.1, 0.15) is 5.52 Å². The van der Waals surface area contributed by atoms with Gasteiger partial charge >= 0.3 is 0 Å². The van der Waals surface area contributed by atoms with Gasteiger partial charge in [0, 0.05) is 11.6 Å². The van der Waals surface area contributed by atoms with Crippen molar-refractivity contribution in [3.8, 4) is 11.5 Å². The molecular weight excluding hydrogens is 304 g/mol. The number of nitrogens with zero attached hydrogens (tertiary/aromatic N) is 2. The van der Waals surface area contributed by atoms with Crippen LogP contribution in [0.2, 0.25) is 0 Å². The van der Waals surface area contributed by atoms with Crippen molar-refractivity contribution in [1.82, 2.24) is 4.98 Å². The van der Waals surface area contributed by atoms with Crippen LogP contribution in [-0.2, 0) is 12.8 Å². The van der Waals surface area contributed by atoms with E-state index in [9.17, 15) is 10.1 Å². The molecule has 0 unspecified atom stereocenters. The summed E-state index contributed by atoms with van der Waals surface area (Å²) in [6.45, 7) is 0. The van der Waals surface area contributed by atoms with Crippen LogP contribution in [0.3, 0.4) is 0 Å². The third-order valence-corrected chi connectivity index (χ3v) is 4.69. The molecule has 4 aromatic rings. The Balaban J connectivity index is 1.76. The lowest BCUT2D eigenvalue weighted by molar-refractivity contribution is -0.384. The molecule has 0 bridgehead atoms. The van der Waals surface area contributed by atoms with Crippen LogP contribution in [0.4, 0.5) is 5.69 Å². The van der Waals surface area contributed by atoms with E-state index in [2.05, 4.69) is 29.2 Å². The van der Waals surface area contributed by atoms with Gasteiger partial charge in [0.25, 0.3) is 5.69 Å². The number of benzene rings is 3. The molecule has 0 fully saturated rings. The summed E-state index contributed by atoms with van der Waals surface area (Å²) >= 11 is 0.